The number of amides is 1. The molecule has 1 fully saturated rings. The van der Waals surface area contributed by atoms with Crippen LogP contribution in [-0.2, 0) is 6.42 Å². The van der Waals surface area contributed by atoms with Crippen LogP contribution in [0.3, 0.4) is 0 Å². The number of nitrogen functional groups attached to an aromatic ring is 1. The fourth-order valence-electron chi connectivity index (χ4n) is 4.37. The Labute approximate surface area is 185 Å². The second-order valence-corrected chi connectivity index (χ2v) is 9.37. The molecule has 1 saturated heterocycles. The Morgan fingerprint density at radius 1 is 1.35 bits per heavy atom. The number of carbonyl (C=O) groups excluding carboxylic acids is 1. The molecule has 162 valence electrons. The van der Waals surface area contributed by atoms with Crippen molar-refractivity contribution in [3.8, 4) is 5.75 Å². The number of hydrogen-bond donors (Lipinski definition) is 3. The summed E-state index contributed by atoms with van der Waals surface area (Å²) in [6.07, 6.45) is 0.737. The normalized spacial score (nSPS) is 20.9. The lowest BCUT2D eigenvalue weighted by molar-refractivity contribution is 0.0920. The largest absolute Gasteiger partial charge is 0.491 e. The molecule has 2 atom stereocenters. The number of thiophene rings is 1. The molecule has 0 aliphatic carbocycles. The number of ether oxygens (including phenoxy) is 1. The summed E-state index contributed by atoms with van der Waals surface area (Å²) in [5.74, 6) is 0.747. The van der Waals surface area contributed by atoms with Crippen molar-refractivity contribution in [1.29, 1.82) is 0 Å². The van der Waals surface area contributed by atoms with E-state index in [0.717, 1.165) is 53.3 Å². The molecular weight excluding hydrogens is 410 g/mol. The van der Waals surface area contributed by atoms with Crippen LogP contribution in [0.25, 0.3) is 10.2 Å². The van der Waals surface area contributed by atoms with Crippen LogP contribution < -0.4 is 26.0 Å². The molecule has 0 bridgehead atoms. The minimum Gasteiger partial charge on any atom is -0.491 e. The van der Waals surface area contributed by atoms with E-state index in [1.54, 1.807) is 0 Å². The summed E-state index contributed by atoms with van der Waals surface area (Å²) in [4.78, 5) is 21.1. The van der Waals surface area contributed by atoms with Gasteiger partial charge in [0.15, 0.2) is 0 Å². The summed E-state index contributed by atoms with van der Waals surface area (Å²) in [5.41, 5.74) is 9.95. The summed E-state index contributed by atoms with van der Waals surface area (Å²) >= 11 is 1.34. The number of aromatic nitrogens is 1. The standard InChI is InChI=1S/C23H27N5O2S/c1-13-3-6-18-20(24)21(31-23(18)26-13)22(29)27-16-9-15-4-5-17(10-19(15)30-12-16)28-8-7-25-11-14(28)2/h3-6,10,14,16,25H,7-9,11-12,24H2,1-2H3,(H,27,29)/t14-,16-/m1/s1. The van der Waals surface area contributed by atoms with E-state index in [1.165, 1.54) is 17.0 Å². The number of nitrogens with zero attached hydrogens (tertiary/aromatic N) is 2. The number of pyridine rings is 1. The molecule has 7 nitrogen and oxygen atoms in total. The predicted octanol–water partition coefficient (Wildman–Crippen LogP) is 2.72. The Morgan fingerprint density at radius 3 is 3.06 bits per heavy atom. The molecule has 8 heteroatoms. The van der Waals surface area contributed by atoms with Crippen molar-refractivity contribution in [3.05, 3.63) is 46.5 Å². The van der Waals surface area contributed by atoms with Crippen molar-refractivity contribution in [2.24, 2.45) is 0 Å². The Morgan fingerprint density at radius 2 is 2.23 bits per heavy atom. The molecular formula is C23H27N5O2S. The molecule has 0 spiro atoms. The summed E-state index contributed by atoms with van der Waals surface area (Å²) in [5, 5.41) is 7.36. The summed E-state index contributed by atoms with van der Waals surface area (Å²) in [6.45, 7) is 7.58. The zero-order chi connectivity index (χ0) is 21.5. The number of anilines is 2. The van der Waals surface area contributed by atoms with E-state index in [-0.39, 0.29) is 11.9 Å². The molecule has 4 heterocycles. The van der Waals surface area contributed by atoms with Crippen molar-refractivity contribution in [2.75, 3.05) is 36.9 Å². The van der Waals surface area contributed by atoms with Gasteiger partial charge in [0.25, 0.3) is 5.91 Å². The maximum atomic E-state index is 12.9. The van der Waals surface area contributed by atoms with Crippen LogP contribution in [0.5, 0.6) is 5.75 Å². The van der Waals surface area contributed by atoms with E-state index in [9.17, 15) is 4.79 Å². The molecule has 3 aromatic rings. The number of hydrogen-bond acceptors (Lipinski definition) is 7. The third-order valence-electron chi connectivity index (χ3n) is 6.06. The average Bonchev–Trinajstić information content (AvgIpc) is 3.09. The molecule has 0 unspecified atom stereocenters. The Bertz CT molecular complexity index is 1140. The first-order valence-corrected chi connectivity index (χ1v) is 11.5. The van der Waals surface area contributed by atoms with Gasteiger partial charge >= 0.3 is 0 Å². The van der Waals surface area contributed by atoms with Crippen molar-refractivity contribution >= 4 is 38.8 Å². The van der Waals surface area contributed by atoms with E-state index in [1.807, 2.05) is 19.1 Å². The third-order valence-corrected chi connectivity index (χ3v) is 7.18. The van der Waals surface area contributed by atoms with Crippen molar-refractivity contribution in [1.82, 2.24) is 15.6 Å². The van der Waals surface area contributed by atoms with Crippen LogP contribution in [0, 0.1) is 6.92 Å². The second-order valence-electron chi connectivity index (χ2n) is 8.37. The average molecular weight is 438 g/mol. The smallest absolute Gasteiger partial charge is 0.263 e. The fraction of sp³-hybridized carbons (Fsp3) is 0.391. The van der Waals surface area contributed by atoms with Crippen LogP contribution >= 0.6 is 11.3 Å². The van der Waals surface area contributed by atoms with Crippen LogP contribution in [0.2, 0.25) is 0 Å². The molecule has 31 heavy (non-hydrogen) atoms. The number of aryl methyl sites for hydroxylation is 1. The minimum absolute atomic E-state index is 0.0942. The maximum Gasteiger partial charge on any atom is 0.263 e. The van der Waals surface area contributed by atoms with Crippen LogP contribution in [0.1, 0.15) is 27.9 Å². The highest BCUT2D eigenvalue weighted by molar-refractivity contribution is 7.21. The Kier molecular flexibility index (Phi) is 5.19. The highest BCUT2D eigenvalue weighted by Crippen LogP contribution is 2.34. The molecule has 0 radical (unpaired) electrons. The van der Waals surface area contributed by atoms with E-state index in [4.69, 9.17) is 10.5 Å². The zero-order valence-electron chi connectivity index (χ0n) is 17.8. The molecule has 1 amide bonds. The van der Waals surface area contributed by atoms with Crippen molar-refractivity contribution in [2.45, 2.75) is 32.4 Å². The van der Waals surface area contributed by atoms with Gasteiger partial charge in [-0.3, -0.25) is 4.79 Å². The van der Waals surface area contributed by atoms with Gasteiger partial charge in [-0.1, -0.05) is 6.07 Å². The molecule has 2 aliphatic rings. The number of carbonyl (C=O) groups is 1. The predicted molar refractivity (Wildman–Crippen MR) is 125 cm³/mol. The SMILES string of the molecule is Cc1ccc2c(N)c(C(=O)N[C@H]3COc4cc(N5CCNC[C@H]5C)ccc4C3)sc2n1. The first-order chi connectivity index (χ1) is 15.0. The van der Waals surface area contributed by atoms with Crippen molar-refractivity contribution < 1.29 is 9.53 Å². The molecule has 4 N–H and O–H groups in total. The van der Waals surface area contributed by atoms with Crippen LogP contribution in [0.15, 0.2) is 30.3 Å². The highest BCUT2D eigenvalue weighted by atomic mass is 32.1. The highest BCUT2D eigenvalue weighted by Gasteiger charge is 2.26. The number of fused-ring (bicyclic) bond motifs is 2. The van der Waals surface area contributed by atoms with Crippen LogP contribution in [0.4, 0.5) is 11.4 Å². The monoisotopic (exact) mass is 437 g/mol. The lowest BCUT2D eigenvalue weighted by Crippen LogP contribution is -2.50. The Balaban J connectivity index is 1.30. The number of rotatable bonds is 3. The van der Waals surface area contributed by atoms with E-state index >= 15 is 0 Å². The fourth-order valence-corrected chi connectivity index (χ4v) is 5.41. The lowest BCUT2D eigenvalue weighted by atomic mass is 10.0. The minimum atomic E-state index is -0.165. The molecule has 1 aromatic carbocycles. The van der Waals surface area contributed by atoms with Gasteiger partial charge in [0.05, 0.1) is 11.7 Å². The van der Waals surface area contributed by atoms with Crippen LogP contribution in [-0.4, -0.2) is 49.2 Å². The molecule has 0 saturated carbocycles. The van der Waals surface area contributed by atoms with Gasteiger partial charge in [-0.25, -0.2) is 4.98 Å². The van der Waals surface area contributed by atoms with Gasteiger partial charge in [-0.15, -0.1) is 11.3 Å². The van der Waals surface area contributed by atoms with Crippen molar-refractivity contribution in [3.63, 3.8) is 0 Å². The first-order valence-electron chi connectivity index (χ1n) is 10.7. The van der Waals surface area contributed by atoms with E-state index < -0.39 is 0 Å². The van der Waals surface area contributed by atoms with Gasteiger partial charge in [0.2, 0.25) is 0 Å². The molecule has 5 rings (SSSR count). The lowest BCUT2D eigenvalue weighted by Gasteiger charge is -2.36. The van der Waals surface area contributed by atoms with E-state index in [2.05, 4.69) is 45.6 Å². The maximum absolute atomic E-state index is 12.9. The summed E-state index contributed by atoms with van der Waals surface area (Å²) in [7, 11) is 0. The number of nitrogens with one attached hydrogen (secondary N) is 2. The molecule has 2 aromatic heterocycles. The van der Waals surface area contributed by atoms with Gasteiger partial charge in [-0.05, 0) is 44.0 Å². The zero-order valence-corrected chi connectivity index (χ0v) is 18.6. The third kappa shape index (κ3) is 3.81. The van der Waals surface area contributed by atoms with Gasteiger partial charge in [-0.2, -0.15) is 0 Å². The molecule has 2 aliphatic heterocycles. The Hall–Kier alpha value is -2.84. The second kappa shape index (κ2) is 8.01. The van der Waals surface area contributed by atoms with Gasteiger partial charge < -0.3 is 26.0 Å². The first kappa shape index (κ1) is 20.1. The van der Waals surface area contributed by atoms with Gasteiger partial charge in [0, 0.05) is 48.5 Å². The number of nitrogens with two attached hydrogens (primary N) is 1. The quantitative estimate of drug-likeness (QED) is 0.584. The topological polar surface area (TPSA) is 92.5 Å². The number of benzene rings is 1. The van der Waals surface area contributed by atoms with E-state index in [0.29, 0.717) is 23.2 Å². The summed E-state index contributed by atoms with van der Waals surface area (Å²) < 4.78 is 6.05. The van der Waals surface area contributed by atoms with Gasteiger partial charge in [0.1, 0.15) is 22.1 Å². The summed E-state index contributed by atoms with van der Waals surface area (Å²) in [6, 6.07) is 10.6. The number of piperazine rings is 1.